The predicted molar refractivity (Wildman–Crippen MR) is 107 cm³/mol. The van der Waals surface area contributed by atoms with E-state index in [1.165, 1.54) is 17.2 Å². The van der Waals surface area contributed by atoms with Crippen molar-refractivity contribution in [2.45, 2.75) is 19.8 Å². The summed E-state index contributed by atoms with van der Waals surface area (Å²) in [5.41, 5.74) is 3.66. The summed E-state index contributed by atoms with van der Waals surface area (Å²) in [5, 5.41) is 0.976. The van der Waals surface area contributed by atoms with Gasteiger partial charge in [-0.2, -0.15) is 0 Å². The second-order valence-corrected chi connectivity index (χ2v) is 6.64. The molecule has 136 valence electrons. The number of hydrogen-bond acceptors (Lipinski definition) is 2. The molecule has 4 aromatic rings. The van der Waals surface area contributed by atoms with E-state index < -0.39 is 0 Å². The summed E-state index contributed by atoms with van der Waals surface area (Å²) in [7, 11) is 0. The topological polar surface area (TPSA) is 22.4 Å². The standard InChI is InChI=1S/C24H21FO2/c1-2-12-26-20-9-10-21(22(25)16-20)24-15-19-14-18(8-11-23(19)27-24)13-17-6-4-3-5-7-17/h3-11,14-16H,2,12-13H2,1H3. The van der Waals surface area contributed by atoms with Crippen LogP contribution in [-0.4, -0.2) is 6.61 Å². The smallest absolute Gasteiger partial charge is 0.138 e. The van der Waals surface area contributed by atoms with Gasteiger partial charge in [0.2, 0.25) is 0 Å². The SMILES string of the molecule is CCCOc1ccc(-c2cc3cc(Cc4ccccc4)ccc3o2)c(F)c1. The Morgan fingerprint density at radius 1 is 0.889 bits per heavy atom. The summed E-state index contributed by atoms with van der Waals surface area (Å²) in [6, 6.07) is 23.2. The Morgan fingerprint density at radius 2 is 1.74 bits per heavy atom. The van der Waals surface area contributed by atoms with Gasteiger partial charge in [-0.05, 0) is 54.3 Å². The molecular weight excluding hydrogens is 339 g/mol. The Labute approximate surface area is 158 Å². The highest BCUT2D eigenvalue weighted by Gasteiger charge is 2.12. The number of ether oxygens (including phenoxy) is 1. The largest absolute Gasteiger partial charge is 0.494 e. The molecule has 27 heavy (non-hydrogen) atoms. The van der Waals surface area contributed by atoms with Gasteiger partial charge in [-0.3, -0.25) is 0 Å². The van der Waals surface area contributed by atoms with Gasteiger partial charge in [-0.15, -0.1) is 0 Å². The molecule has 0 aliphatic rings. The van der Waals surface area contributed by atoms with Crippen molar-refractivity contribution in [3.63, 3.8) is 0 Å². The first kappa shape index (κ1) is 17.3. The van der Waals surface area contributed by atoms with Crippen LogP contribution in [0, 0.1) is 5.82 Å². The Hall–Kier alpha value is -3.07. The lowest BCUT2D eigenvalue weighted by atomic mass is 10.0. The summed E-state index contributed by atoms with van der Waals surface area (Å²) in [6.45, 7) is 2.60. The van der Waals surface area contributed by atoms with Crippen LogP contribution in [0.5, 0.6) is 5.75 Å². The van der Waals surface area contributed by atoms with E-state index in [0.717, 1.165) is 23.8 Å². The third-order valence-corrected chi connectivity index (χ3v) is 4.51. The van der Waals surface area contributed by atoms with Crippen LogP contribution in [0.3, 0.4) is 0 Å². The lowest BCUT2D eigenvalue weighted by molar-refractivity contribution is 0.316. The average Bonchev–Trinajstić information content (AvgIpc) is 3.10. The van der Waals surface area contributed by atoms with Crippen LogP contribution in [0.15, 0.2) is 77.2 Å². The average molecular weight is 360 g/mol. The second kappa shape index (κ2) is 7.67. The van der Waals surface area contributed by atoms with Crippen LogP contribution in [0.2, 0.25) is 0 Å². The molecule has 0 bridgehead atoms. The van der Waals surface area contributed by atoms with Crippen LogP contribution in [0.25, 0.3) is 22.3 Å². The molecule has 0 unspecified atom stereocenters. The number of furan rings is 1. The Kier molecular flexibility index (Phi) is 4.93. The number of halogens is 1. The number of fused-ring (bicyclic) bond motifs is 1. The molecule has 0 aliphatic carbocycles. The van der Waals surface area contributed by atoms with Gasteiger partial charge >= 0.3 is 0 Å². The molecule has 0 radical (unpaired) electrons. The van der Waals surface area contributed by atoms with Crippen molar-refractivity contribution in [3.05, 3.63) is 89.7 Å². The molecule has 0 saturated carbocycles. The quantitative estimate of drug-likeness (QED) is 0.385. The van der Waals surface area contributed by atoms with Crippen molar-refractivity contribution in [2.24, 2.45) is 0 Å². The normalized spacial score (nSPS) is 11.0. The number of benzene rings is 3. The van der Waals surface area contributed by atoms with Gasteiger partial charge in [0.15, 0.2) is 0 Å². The lowest BCUT2D eigenvalue weighted by Gasteiger charge is -2.06. The van der Waals surface area contributed by atoms with Crippen molar-refractivity contribution in [1.29, 1.82) is 0 Å². The molecule has 3 aromatic carbocycles. The van der Waals surface area contributed by atoms with Crippen LogP contribution in [-0.2, 0) is 6.42 Å². The van der Waals surface area contributed by atoms with E-state index in [0.29, 0.717) is 23.7 Å². The monoisotopic (exact) mass is 360 g/mol. The van der Waals surface area contributed by atoms with Crippen molar-refractivity contribution in [2.75, 3.05) is 6.61 Å². The van der Waals surface area contributed by atoms with Crippen molar-refractivity contribution < 1.29 is 13.5 Å². The van der Waals surface area contributed by atoms with Crippen LogP contribution in [0.4, 0.5) is 4.39 Å². The Balaban J connectivity index is 1.62. The molecule has 0 aliphatic heterocycles. The Bertz CT molecular complexity index is 1050. The molecule has 0 atom stereocenters. The van der Waals surface area contributed by atoms with Gasteiger partial charge in [0.05, 0.1) is 12.2 Å². The molecule has 0 saturated heterocycles. The third kappa shape index (κ3) is 3.87. The fraction of sp³-hybridized carbons (Fsp3) is 0.167. The lowest BCUT2D eigenvalue weighted by Crippen LogP contribution is -1.95. The first-order valence-corrected chi connectivity index (χ1v) is 9.22. The fourth-order valence-corrected chi connectivity index (χ4v) is 3.17. The predicted octanol–water partition coefficient (Wildman–Crippen LogP) is 6.62. The maximum atomic E-state index is 14.5. The van der Waals surface area contributed by atoms with E-state index >= 15 is 0 Å². The minimum absolute atomic E-state index is 0.341. The molecule has 3 heteroatoms. The van der Waals surface area contributed by atoms with E-state index in [4.69, 9.17) is 9.15 Å². The zero-order chi connectivity index (χ0) is 18.6. The first-order chi connectivity index (χ1) is 13.2. The second-order valence-electron chi connectivity index (χ2n) is 6.64. The van der Waals surface area contributed by atoms with Gasteiger partial charge in [0.1, 0.15) is 22.9 Å². The summed E-state index contributed by atoms with van der Waals surface area (Å²) in [5.74, 6) is 0.730. The maximum absolute atomic E-state index is 14.5. The minimum atomic E-state index is -0.341. The number of rotatable bonds is 6. The Morgan fingerprint density at radius 3 is 2.52 bits per heavy atom. The van der Waals surface area contributed by atoms with Crippen LogP contribution in [0.1, 0.15) is 24.5 Å². The molecule has 1 aromatic heterocycles. The molecule has 4 rings (SSSR count). The highest BCUT2D eigenvalue weighted by atomic mass is 19.1. The van der Waals surface area contributed by atoms with E-state index in [2.05, 4.69) is 24.3 Å². The van der Waals surface area contributed by atoms with Gasteiger partial charge in [0.25, 0.3) is 0 Å². The molecule has 0 fully saturated rings. The molecule has 0 amide bonds. The van der Waals surface area contributed by atoms with Gasteiger partial charge in [0, 0.05) is 11.5 Å². The first-order valence-electron chi connectivity index (χ1n) is 9.22. The molecule has 1 heterocycles. The van der Waals surface area contributed by atoms with E-state index in [-0.39, 0.29) is 5.82 Å². The zero-order valence-corrected chi connectivity index (χ0v) is 15.2. The summed E-state index contributed by atoms with van der Waals surface area (Å²) < 4.78 is 25.9. The minimum Gasteiger partial charge on any atom is -0.494 e. The van der Waals surface area contributed by atoms with Crippen molar-refractivity contribution >= 4 is 11.0 Å². The fourth-order valence-electron chi connectivity index (χ4n) is 3.17. The van der Waals surface area contributed by atoms with Gasteiger partial charge < -0.3 is 9.15 Å². The summed E-state index contributed by atoms with van der Waals surface area (Å²) in [4.78, 5) is 0. The van der Waals surface area contributed by atoms with E-state index in [9.17, 15) is 4.39 Å². The maximum Gasteiger partial charge on any atom is 0.138 e. The summed E-state index contributed by atoms with van der Waals surface area (Å²) >= 11 is 0. The third-order valence-electron chi connectivity index (χ3n) is 4.51. The summed E-state index contributed by atoms with van der Waals surface area (Å²) in [6.07, 6.45) is 1.74. The van der Waals surface area contributed by atoms with Gasteiger partial charge in [-0.1, -0.05) is 43.3 Å². The molecule has 0 N–H and O–H groups in total. The highest BCUT2D eigenvalue weighted by molar-refractivity contribution is 5.83. The van der Waals surface area contributed by atoms with E-state index in [1.54, 1.807) is 12.1 Å². The molecule has 0 spiro atoms. The van der Waals surface area contributed by atoms with Gasteiger partial charge in [-0.25, -0.2) is 4.39 Å². The highest BCUT2D eigenvalue weighted by Crippen LogP contribution is 2.32. The zero-order valence-electron chi connectivity index (χ0n) is 15.2. The van der Waals surface area contributed by atoms with Crippen LogP contribution >= 0.6 is 0 Å². The molecular formula is C24H21FO2. The number of hydrogen-bond donors (Lipinski definition) is 0. The van der Waals surface area contributed by atoms with Crippen molar-refractivity contribution in [1.82, 2.24) is 0 Å². The molecule has 2 nitrogen and oxygen atoms in total. The van der Waals surface area contributed by atoms with Crippen molar-refractivity contribution in [3.8, 4) is 17.1 Å². The van der Waals surface area contributed by atoms with Crippen LogP contribution < -0.4 is 4.74 Å². The van der Waals surface area contributed by atoms with E-state index in [1.807, 2.05) is 37.3 Å².